The molecule has 3 heteroatoms. The summed E-state index contributed by atoms with van der Waals surface area (Å²) in [7, 11) is 0. The van der Waals surface area contributed by atoms with Gasteiger partial charge in [0, 0.05) is 10.8 Å². The number of para-hydroxylation sites is 1. The van der Waals surface area contributed by atoms with E-state index in [1.54, 1.807) is 6.92 Å². The summed E-state index contributed by atoms with van der Waals surface area (Å²) < 4.78 is 0. The number of carbonyl (C=O) groups is 1. The summed E-state index contributed by atoms with van der Waals surface area (Å²) >= 11 is 0. The van der Waals surface area contributed by atoms with Crippen molar-refractivity contribution in [1.29, 1.82) is 0 Å². The van der Waals surface area contributed by atoms with E-state index >= 15 is 0 Å². The molecule has 94 valence electrons. The second kappa shape index (κ2) is 4.35. The van der Waals surface area contributed by atoms with Gasteiger partial charge in [-0.2, -0.15) is 0 Å². The first-order valence-electron chi connectivity index (χ1n) is 6.18. The van der Waals surface area contributed by atoms with Crippen LogP contribution in [0.25, 0.3) is 21.8 Å². The third kappa shape index (κ3) is 1.93. The summed E-state index contributed by atoms with van der Waals surface area (Å²) in [6.45, 7) is 1.70. The number of aromatic nitrogens is 1. The van der Waals surface area contributed by atoms with Gasteiger partial charge in [-0.3, -0.25) is 4.79 Å². The topological polar surface area (TPSA) is 50.2 Å². The number of nitrogens with zero attached hydrogens (tertiary/aromatic N) is 1. The van der Waals surface area contributed by atoms with Crippen LogP contribution in [0.2, 0.25) is 0 Å². The number of carboxylic acids is 1. The Morgan fingerprint density at radius 3 is 2.63 bits per heavy atom. The Balaban J connectivity index is 2.35. The van der Waals surface area contributed by atoms with Gasteiger partial charge in [-0.25, -0.2) is 4.98 Å². The minimum absolute atomic E-state index is 0.535. The zero-order chi connectivity index (χ0) is 13.4. The lowest BCUT2D eigenvalue weighted by Crippen LogP contribution is -2.07. The van der Waals surface area contributed by atoms with E-state index in [-0.39, 0.29) is 0 Å². The molecule has 2 aromatic carbocycles. The standard InChI is InChI=1S/C16H13NO2/c1-10(16(18)19)12-6-4-8-15-13(12)9-11-5-2-3-7-14(11)17-15/h2-10H,1H3,(H,18,19). The molecule has 0 aliphatic carbocycles. The normalized spacial score (nSPS) is 12.7. The zero-order valence-corrected chi connectivity index (χ0v) is 10.5. The van der Waals surface area contributed by atoms with Gasteiger partial charge in [0.15, 0.2) is 0 Å². The van der Waals surface area contributed by atoms with E-state index < -0.39 is 11.9 Å². The SMILES string of the molecule is CC(C(=O)O)c1cccc2nc3ccccc3cc12. The first kappa shape index (κ1) is 11.7. The Morgan fingerprint density at radius 2 is 1.84 bits per heavy atom. The molecule has 19 heavy (non-hydrogen) atoms. The summed E-state index contributed by atoms with van der Waals surface area (Å²) in [4.78, 5) is 15.8. The van der Waals surface area contributed by atoms with Gasteiger partial charge in [0.1, 0.15) is 0 Å². The molecule has 0 fully saturated rings. The maximum absolute atomic E-state index is 11.2. The third-order valence-corrected chi connectivity index (χ3v) is 3.43. The van der Waals surface area contributed by atoms with E-state index in [1.165, 1.54) is 0 Å². The van der Waals surface area contributed by atoms with Crippen LogP contribution < -0.4 is 0 Å². The average molecular weight is 251 g/mol. The predicted molar refractivity (Wildman–Crippen MR) is 75.3 cm³/mol. The van der Waals surface area contributed by atoms with E-state index in [4.69, 9.17) is 0 Å². The Bertz CT molecular complexity index is 780. The first-order chi connectivity index (χ1) is 9.16. The molecule has 1 unspecified atom stereocenters. The molecule has 0 spiro atoms. The molecule has 0 saturated carbocycles. The number of rotatable bonds is 2. The van der Waals surface area contributed by atoms with Crippen molar-refractivity contribution in [3.63, 3.8) is 0 Å². The third-order valence-electron chi connectivity index (χ3n) is 3.43. The molecule has 1 aromatic heterocycles. The van der Waals surface area contributed by atoms with Gasteiger partial charge < -0.3 is 5.11 Å². The Morgan fingerprint density at radius 1 is 1.11 bits per heavy atom. The zero-order valence-electron chi connectivity index (χ0n) is 10.5. The fourth-order valence-corrected chi connectivity index (χ4v) is 2.33. The second-order valence-electron chi connectivity index (χ2n) is 4.65. The highest BCUT2D eigenvalue weighted by atomic mass is 16.4. The van der Waals surface area contributed by atoms with Crippen LogP contribution in [0.4, 0.5) is 0 Å². The molecule has 3 rings (SSSR count). The van der Waals surface area contributed by atoms with Gasteiger partial charge in [0.05, 0.1) is 17.0 Å². The summed E-state index contributed by atoms with van der Waals surface area (Å²) in [5, 5.41) is 11.1. The molecular formula is C16H13NO2. The lowest BCUT2D eigenvalue weighted by molar-refractivity contribution is -0.138. The van der Waals surface area contributed by atoms with Crippen molar-refractivity contribution in [2.75, 3.05) is 0 Å². The Kier molecular flexibility index (Phi) is 2.67. The van der Waals surface area contributed by atoms with Crippen molar-refractivity contribution in [2.45, 2.75) is 12.8 Å². The average Bonchev–Trinajstić information content (AvgIpc) is 2.43. The van der Waals surface area contributed by atoms with Gasteiger partial charge in [-0.05, 0) is 30.7 Å². The Hall–Kier alpha value is -2.42. The summed E-state index contributed by atoms with van der Waals surface area (Å²) in [6, 6.07) is 15.5. The van der Waals surface area contributed by atoms with Crippen LogP contribution in [0.3, 0.4) is 0 Å². The highest BCUT2D eigenvalue weighted by Crippen LogP contribution is 2.27. The smallest absolute Gasteiger partial charge is 0.310 e. The number of benzene rings is 2. The van der Waals surface area contributed by atoms with Gasteiger partial charge in [0.25, 0.3) is 0 Å². The van der Waals surface area contributed by atoms with E-state index in [0.717, 1.165) is 27.4 Å². The van der Waals surface area contributed by atoms with Gasteiger partial charge in [-0.1, -0.05) is 30.3 Å². The predicted octanol–water partition coefficient (Wildman–Crippen LogP) is 3.58. The molecule has 3 nitrogen and oxygen atoms in total. The monoisotopic (exact) mass is 251 g/mol. The molecule has 0 amide bonds. The fourth-order valence-electron chi connectivity index (χ4n) is 2.33. The number of aliphatic carboxylic acids is 1. The number of fused-ring (bicyclic) bond motifs is 2. The molecule has 0 saturated heterocycles. The second-order valence-corrected chi connectivity index (χ2v) is 4.65. The highest BCUT2D eigenvalue weighted by molar-refractivity contribution is 5.96. The lowest BCUT2D eigenvalue weighted by Gasteiger charge is -2.11. The van der Waals surface area contributed by atoms with Crippen LogP contribution in [-0.4, -0.2) is 16.1 Å². The first-order valence-corrected chi connectivity index (χ1v) is 6.18. The molecular weight excluding hydrogens is 238 g/mol. The molecule has 0 radical (unpaired) electrons. The largest absolute Gasteiger partial charge is 0.481 e. The maximum atomic E-state index is 11.2. The molecule has 1 heterocycles. The lowest BCUT2D eigenvalue weighted by atomic mass is 9.96. The fraction of sp³-hybridized carbons (Fsp3) is 0.125. The van der Waals surface area contributed by atoms with Crippen LogP contribution in [0.1, 0.15) is 18.4 Å². The van der Waals surface area contributed by atoms with Crippen molar-refractivity contribution >= 4 is 27.8 Å². The van der Waals surface area contributed by atoms with Crippen molar-refractivity contribution in [3.8, 4) is 0 Å². The van der Waals surface area contributed by atoms with E-state index in [2.05, 4.69) is 4.98 Å². The van der Waals surface area contributed by atoms with Crippen LogP contribution in [-0.2, 0) is 4.79 Å². The Labute approximate surface area is 110 Å². The van der Waals surface area contributed by atoms with E-state index in [9.17, 15) is 9.90 Å². The van der Waals surface area contributed by atoms with Crippen molar-refractivity contribution in [1.82, 2.24) is 4.98 Å². The summed E-state index contributed by atoms with van der Waals surface area (Å²) in [5.74, 6) is -1.35. The van der Waals surface area contributed by atoms with Gasteiger partial charge in [-0.15, -0.1) is 0 Å². The van der Waals surface area contributed by atoms with Crippen molar-refractivity contribution < 1.29 is 9.90 Å². The molecule has 1 N–H and O–H groups in total. The van der Waals surface area contributed by atoms with Gasteiger partial charge >= 0.3 is 5.97 Å². The van der Waals surface area contributed by atoms with Gasteiger partial charge in [0.2, 0.25) is 0 Å². The van der Waals surface area contributed by atoms with Crippen LogP contribution in [0.5, 0.6) is 0 Å². The van der Waals surface area contributed by atoms with Crippen LogP contribution in [0.15, 0.2) is 48.5 Å². The molecule has 0 aliphatic rings. The quantitative estimate of drug-likeness (QED) is 0.708. The van der Waals surface area contributed by atoms with E-state index in [1.807, 2.05) is 48.5 Å². The number of hydrogen-bond donors (Lipinski definition) is 1. The minimum atomic E-state index is -0.819. The molecule has 0 bridgehead atoms. The molecule has 0 aliphatic heterocycles. The number of hydrogen-bond acceptors (Lipinski definition) is 2. The van der Waals surface area contributed by atoms with E-state index in [0.29, 0.717) is 0 Å². The highest BCUT2D eigenvalue weighted by Gasteiger charge is 2.16. The maximum Gasteiger partial charge on any atom is 0.310 e. The molecule has 1 atom stereocenters. The molecule has 3 aromatic rings. The van der Waals surface area contributed by atoms with Crippen LogP contribution in [0, 0.1) is 0 Å². The number of pyridine rings is 1. The minimum Gasteiger partial charge on any atom is -0.481 e. The van der Waals surface area contributed by atoms with Crippen molar-refractivity contribution in [2.24, 2.45) is 0 Å². The number of carboxylic acid groups (broad SMARTS) is 1. The van der Waals surface area contributed by atoms with Crippen molar-refractivity contribution in [3.05, 3.63) is 54.1 Å². The summed E-state index contributed by atoms with van der Waals surface area (Å²) in [5.41, 5.74) is 2.57. The summed E-state index contributed by atoms with van der Waals surface area (Å²) in [6.07, 6.45) is 0. The van der Waals surface area contributed by atoms with Crippen LogP contribution >= 0.6 is 0 Å².